The molecule has 4 nitrogen and oxygen atoms in total. The van der Waals surface area contributed by atoms with Crippen molar-refractivity contribution < 1.29 is 9.53 Å². The van der Waals surface area contributed by atoms with Crippen molar-refractivity contribution >= 4 is 6.09 Å². The van der Waals surface area contributed by atoms with Crippen LogP contribution in [-0.2, 0) is 4.74 Å². The number of hydrogen-bond acceptors (Lipinski definition) is 3. The second-order valence-corrected chi connectivity index (χ2v) is 9.40. The monoisotopic (exact) mass is 326 g/mol. The summed E-state index contributed by atoms with van der Waals surface area (Å²) in [4.78, 5) is 12.0. The van der Waals surface area contributed by atoms with Gasteiger partial charge in [0.2, 0.25) is 0 Å². The van der Waals surface area contributed by atoms with Crippen molar-refractivity contribution in [2.75, 3.05) is 6.54 Å². The van der Waals surface area contributed by atoms with Crippen molar-refractivity contribution in [3.63, 3.8) is 0 Å². The van der Waals surface area contributed by atoms with Gasteiger partial charge in [-0.05, 0) is 57.3 Å². The van der Waals surface area contributed by atoms with E-state index in [1.54, 1.807) is 0 Å². The lowest BCUT2D eigenvalue weighted by atomic mass is 9.70. The molecule has 1 aliphatic carbocycles. The standard InChI is InChI=1S/C19H38N2O2/c1-13(2)16(21-17(22)23-18(4,5)6)12-20-15-9-10-19(7,8)11-14(15)3/h13-16,20H,9-12H2,1-8H3,(H,21,22). The molecule has 0 saturated heterocycles. The van der Waals surface area contributed by atoms with E-state index in [1.165, 1.54) is 19.3 Å². The molecule has 3 atom stereocenters. The minimum absolute atomic E-state index is 0.0898. The van der Waals surface area contributed by atoms with Gasteiger partial charge in [-0.2, -0.15) is 0 Å². The number of amides is 1. The van der Waals surface area contributed by atoms with E-state index in [1.807, 2.05) is 20.8 Å². The summed E-state index contributed by atoms with van der Waals surface area (Å²) in [6.45, 7) is 17.8. The first-order valence-corrected chi connectivity index (χ1v) is 9.12. The van der Waals surface area contributed by atoms with E-state index in [9.17, 15) is 4.79 Å². The Kier molecular flexibility index (Phi) is 6.94. The van der Waals surface area contributed by atoms with E-state index in [2.05, 4.69) is 45.3 Å². The Morgan fingerprint density at radius 3 is 2.39 bits per heavy atom. The van der Waals surface area contributed by atoms with Crippen molar-refractivity contribution in [2.45, 2.75) is 92.3 Å². The van der Waals surface area contributed by atoms with Crippen LogP contribution < -0.4 is 10.6 Å². The van der Waals surface area contributed by atoms with Crippen molar-refractivity contribution in [3.05, 3.63) is 0 Å². The Bertz CT molecular complexity index is 385. The Morgan fingerprint density at radius 2 is 1.91 bits per heavy atom. The molecule has 23 heavy (non-hydrogen) atoms. The van der Waals surface area contributed by atoms with Crippen LogP contribution in [0.4, 0.5) is 4.79 Å². The molecule has 0 bridgehead atoms. The van der Waals surface area contributed by atoms with Crippen molar-refractivity contribution in [1.82, 2.24) is 10.6 Å². The van der Waals surface area contributed by atoms with Crippen LogP contribution in [0.5, 0.6) is 0 Å². The number of hydrogen-bond donors (Lipinski definition) is 2. The van der Waals surface area contributed by atoms with Gasteiger partial charge >= 0.3 is 6.09 Å². The predicted molar refractivity (Wildman–Crippen MR) is 96.6 cm³/mol. The van der Waals surface area contributed by atoms with E-state index in [0.29, 0.717) is 23.3 Å². The van der Waals surface area contributed by atoms with Crippen molar-refractivity contribution in [1.29, 1.82) is 0 Å². The molecule has 3 unspecified atom stereocenters. The minimum atomic E-state index is -0.456. The van der Waals surface area contributed by atoms with Crippen molar-refractivity contribution in [3.8, 4) is 0 Å². The summed E-state index contributed by atoms with van der Waals surface area (Å²) in [7, 11) is 0. The predicted octanol–water partition coefficient (Wildman–Crippen LogP) is 4.34. The lowest BCUT2D eigenvalue weighted by Gasteiger charge is -2.40. The molecular formula is C19H38N2O2. The van der Waals surface area contributed by atoms with Crippen LogP contribution >= 0.6 is 0 Å². The average molecular weight is 327 g/mol. The molecule has 1 aliphatic rings. The summed E-state index contributed by atoms with van der Waals surface area (Å²) in [6, 6.07) is 0.636. The summed E-state index contributed by atoms with van der Waals surface area (Å²) in [5.74, 6) is 1.04. The molecular weight excluding hydrogens is 288 g/mol. The van der Waals surface area contributed by atoms with E-state index < -0.39 is 5.60 Å². The molecule has 0 aromatic carbocycles. The van der Waals surface area contributed by atoms with Crippen LogP contribution in [0, 0.1) is 17.3 Å². The van der Waals surface area contributed by atoms with Gasteiger partial charge in [-0.1, -0.05) is 34.6 Å². The maximum absolute atomic E-state index is 12.0. The van der Waals surface area contributed by atoms with Gasteiger partial charge < -0.3 is 15.4 Å². The van der Waals surface area contributed by atoms with Crippen LogP contribution in [0.2, 0.25) is 0 Å². The second kappa shape index (κ2) is 7.87. The Labute approximate surface area is 143 Å². The first-order valence-electron chi connectivity index (χ1n) is 9.12. The number of nitrogens with one attached hydrogen (secondary N) is 2. The number of ether oxygens (including phenoxy) is 1. The zero-order valence-corrected chi connectivity index (χ0v) is 16.5. The highest BCUT2D eigenvalue weighted by molar-refractivity contribution is 5.68. The largest absolute Gasteiger partial charge is 0.444 e. The van der Waals surface area contributed by atoms with Gasteiger partial charge in [-0.25, -0.2) is 4.79 Å². The zero-order chi connectivity index (χ0) is 17.8. The number of carbonyl (C=O) groups excluding carboxylic acids is 1. The SMILES string of the molecule is CC(C)C(CNC1CCC(C)(C)CC1C)NC(=O)OC(C)(C)C. The summed E-state index contributed by atoms with van der Waals surface area (Å²) in [6.07, 6.45) is 3.42. The first kappa shape index (κ1) is 20.3. The van der Waals surface area contributed by atoms with E-state index >= 15 is 0 Å². The molecule has 4 heteroatoms. The van der Waals surface area contributed by atoms with Crippen LogP contribution in [0.1, 0.15) is 74.7 Å². The molecule has 0 aromatic rings. The molecule has 1 fully saturated rings. The highest BCUT2D eigenvalue weighted by Crippen LogP contribution is 2.38. The Balaban J connectivity index is 2.49. The first-order chi connectivity index (χ1) is 10.4. The van der Waals surface area contributed by atoms with Gasteiger partial charge in [0.1, 0.15) is 5.60 Å². The quantitative estimate of drug-likeness (QED) is 0.790. The third-order valence-corrected chi connectivity index (χ3v) is 4.80. The van der Waals surface area contributed by atoms with Gasteiger partial charge in [0, 0.05) is 18.6 Å². The van der Waals surface area contributed by atoms with E-state index in [-0.39, 0.29) is 12.1 Å². The highest BCUT2D eigenvalue weighted by atomic mass is 16.6. The summed E-state index contributed by atoms with van der Waals surface area (Å²) < 4.78 is 5.38. The van der Waals surface area contributed by atoms with Crippen LogP contribution in [0.25, 0.3) is 0 Å². The van der Waals surface area contributed by atoms with Crippen LogP contribution in [0.15, 0.2) is 0 Å². The van der Waals surface area contributed by atoms with Crippen LogP contribution in [0.3, 0.4) is 0 Å². The fraction of sp³-hybridized carbons (Fsp3) is 0.947. The second-order valence-electron chi connectivity index (χ2n) is 9.40. The highest BCUT2D eigenvalue weighted by Gasteiger charge is 2.32. The summed E-state index contributed by atoms with van der Waals surface area (Å²) >= 11 is 0. The fourth-order valence-electron chi connectivity index (χ4n) is 3.44. The zero-order valence-electron chi connectivity index (χ0n) is 16.5. The molecule has 0 aliphatic heterocycles. The molecule has 0 radical (unpaired) electrons. The molecule has 0 spiro atoms. The lowest BCUT2D eigenvalue weighted by molar-refractivity contribution is 0.0486. The average Bonchev–Trinajstić information content (AvgIpc) is 2.32. The number of carbonyl (C=O) groups is 1. The van der Waals surface area contributed by atoms with Gasteiger partial charge in [0.25, 0.3) is 0 Å². The van der Waals surface area contributed by atoms with Gasteiger partial charge in [0.15, 0.2) is 0 Å². The molecule has 2 N–H and O–H groups in total. The van der Waals surface area contributed by atoms with Crippen LogP contribution in [-0.4, -0.2) is 30.3 Å². The number of alkyl carbamates (subject to hydrolysis) is 1. The normalized spacial score (nSPS) is 26.0. The third kappa shape index (κ3) is 7.56. The molecule has 136 valence electrons. The van der Waals surface area contributed by atoms with E-state index in [0.717, 1.165) is 6.54 Å². The summed E-state index contributed by atoms with van der Waals surface area (Å²) in [5.41, 5.74) is 0.00627. The van der Waals surface area contributed by atoms with Crippen molar-refractivity contribution in [2.24, 2.45) is 17.3 Å². The molecule has 0 heterocycles. The van der Waals surface area contributed by atoms with Gasteiger partial charge in [-0.15, -0.1) is 0 Å². The minimum Gasteiger partial charge on any atom is -0.444 e. The number of rotatable bonds is 5. The van der Waals surface area contributed by atoms with E-state index in [4.69, 9.17) is 4.74 Å². The topological polar surface area (TPSA) is 50.4 Å². The molecule has 1 rings (SSSR count). The molecule has 1 saturated carbocycles. The summed E-state index contributed by atoms with van der Waals surface area (Å²) in [5, 5.41) is 6.71. The fourth-order valence-corrected chi connectivity index (χ4v) is 3.44. The maximum Gasteiger partial charge on any atom is 0.407 e. The molecule has 1 amide bonds. The maximum atomic E-state index is 12.0. The third-order valence-electron chi connectivity index (χ3n) is 4.80. The Morgan fingerprint density at radius 1 is 1.30 bits per heavy atom. The van der Waals surface area contributed by atoms with Gasteiger partial charge in [0.05, 0.1) is 0 Å². The lowest BCUT2D eigenvalue weighted by Crippen LogP contribution is -2.51. The smallest absolute Gasteiger partial charge is 0.407 e. The van der Waals surface area contributed by atoms with Gasteiger partial charge in [-0.3, -0.25) is 0 Å². The Hall–Kier alpha value is -0.770. The molecule has 0 aromatic heterocycles.